The Labute approximate surface area is 125 Å². The largest absolute Gasteiger partial charge is 0.467 e. The number of hydrogen-bond acceptors (Lipinski definition) is 5. The highest BCUT2D eigenvalue weighted by molar-refractivity contribution is 5.82. The van der Waals surface area contributed by atoms with E-state index in [-0.39, 0.29) is 6.61 Å². The SMILES string of the molecule is COC(=O)[C@H]1COC2(CCCCC2)N1C(=O)OC(C)(C)C. The molecule has 0 aromatic heterocycles. The molecule has 120 valence electrons. The standard InChI is InChI=1S/C15H25NO5/c1-14(2,3)21-13(18)16-11(12(17)19-4)10-20-15(16)8-6-5-7-9-15/h11H,5-10H2,1-4H3/t11-/m1/s1. The van der Waals surface area contributed by atoms with E-state index in [1.54, 1.807) is 0 Å². The first kappa shape index (κ1) is 16.1. The molecule has 1 aliphatic carbocycles. The topological polar surface area (TPSA) is 65.1 Å². The Morgan fingerprint density at radius 1 is 1.19 bits per heavy atom. The van der Waals surface area contributed by atoms with Crippen molar-refractivity contribution >= 4 is 12.1 Å². The Hall–Kier alpha value is -1.30. The van der Waals surface area contributed by atoms with Gasteiger partial charge in [-0.05, 0) is 46.5 Å². The van der Waals surface area contributed by atoms with Crippen molar-refractivity contribution in [3.05, 3.63) is 0 Å². The van der Waals surface area contributed by atoms with Gasteiger partial charge in [-0.1, -0.05) is 6.42 Å². The van der Waals surface area contributed by atoms with Crippen LogP contribution in [-0.2, 0) is 19.0 Å². The maximum absolute atomic E-state index is 12.6. The van der Waals surface area contributed by atoms with Gasteiger partial charge in [-0.25, -0.2) is 9.59 Å². The molecule has 2 aliphatic rings. The van der Waals surface area contributed by atoms with E-state index >= 15 is 0 Å². The van der Waals surface area contributed by atoms with Gasteiger partial charge in [0.25, 0.3) is 0 Å². The molecular formula is C15H25NO5. The second kappa shape index (κ2) is 5.83. The molecule has 6 nitrogen and oxygen atoms in total. The zero-order chi connectivity index (χ0) is 15.7. The van der Waals surface area contributed by atoms with Crippen molar-refractivity contribution < 1.29 is 23.8 Å². The highest BCUT2D eigenvalue weighted by Crippen LogP contribution is 2.41. The van der Waals surface area contributed by atoms with Crippen LogP contribution in [0.1, 0.15) is 52.9 Å². The van der Waals surface area contributed by atoms with Crippen molar-refractivity contribution in [2.75, 3.05) is 13.7 Å². The summed E-state index contributed by atoms with van der Waals surface area (Å²) in [6.07, 6.45) is 4.05. The Morgan fingerprint density at radius 2 is 1.81 bits per heavy atom. The number of nitrogens with zero attached hydrogens (tertiary/aromatic N) is 1. The first-order chi connectivity index (χ1) is 9.79. The third-order valence-corrected chi connectivity index (χ3v) is 3.96. The van der Waals surface area contributed by atoms with Gasteiger partial charge in [-0.15, -0.1) is 0 Å². The number of carbonyl (C=O) groups is 2. The Bertz CT molecular complexity index is 409. The molecule has 0 aromatic carbocycles. The quantitative estimate of drug-likeness (QED) is 0.696. The highest BCUT2D eigenvalue weighted by Gasteiger charge is 2.54. The van der Waals surface area contributed by atoms with Crippen LogP contribution in [0.5, 0.6) is 0 Å². The molecule has 0 aromatic rings. The van der Waals surface area contributed by atoms with E-state index in [9.17, 15) is 9.59 Å². The van der Waals surface area contributed by atoms with Crippen molar-refractivity contribution in [3.63, 3.8) is 0 Å². The van der Waals surface area contributed by atoms with Crippen molar-refractivity contribution in [1.82, 2.24) is 4.90 Å². The van der Waals surface area contributed by atoms with Crippen LogP contribution in [0.2, 0.25) is 0 Å². The lowest BCUT2D eigenvalue weighted by Gasteiger charge is -2.41. The van der Waals surface area contributed by atoms with E-state index < -0.39 is 29.4 Å². The molecule has 2 fully saturated rings. The van der Waals surface area contributed by atoms with Gasteiger partial charge in [0.15, 0.2) is 6.04 Å². The third-order valence-electron chi connectivity index (χ3n) is 3.96. The van der Waals surface area contributed by atoms with Gasteiger partial charge in [0.05, 0.1) is 13.7 Å². The lowest BCUT2D eigenvalue weighted by atomic mass is 9.90. The molecule has 1 spiro atoms. The molecule has 1 aliphatic heterocycles. The summed E-state index contributed by atoms with van der Waals surface area (Å²) in [6.45, 7) is 5.60. The zero-order valence-corrected chi connectivity index (χ0v) is 13.3. The minimum atomic E-state index is -0.719. The molecule has 21 heavy (non-hydrogen) atoms. The van der Waals surface area contributed by atoms with Gasteiger partial charge in [0.2, 0.25) is 0 Å². The van der Waals surface area contributed by atoms with Crippen LogP contribution in [0.25, 0.3) is 0 Å². The maximum atomic E-state index is 12.6. The summed E-state index contributed by atoms with van der Waals surface area (Å²) in [7, 11) is 1.32. The average Bonchev–Trinajstić information content (AvgIpc) is 2.76. The van der Waals surface area contributed by atoms with Gasteiger partial charge in [0, 0.05) is 0 Å². The van der Waals surface area contributed by atoms with Gasteiger partial charge in [0.1, 0.15) is 11.3 Å². The van der Waals surface area contributed by atoms with Crippen LogP contribution in [0.4, 0.5) is 4.79 Å². The number of methoxy groups -OCH3 is 1. The van der Waals surface area contributed by atoms with Gasteiger partial charge >= 0.3 is 12.1 Å². The van der Waals surface area contributed by atoms with Crippen LogP contribution in [0.3, 0.4) is 0 Å². The Balaban J connectivity index is 2.26. The monoisotopic (exact) mass is 299 g/mol. The summed E-state index contributed by atoms with van der Waals surface area (Å²) in [5.74, 6) is -0.455. The highest BCUT2D eigenvalue weighted by atomic mass is 16.6. The molecule has 1 saturated carbocycles. The average molecular weight is 299 g/mol. The molecule has 0 unspecified atom stereocenters. The molecule has 1 amide bonds. The van der Waals surface area contributed by atoms with E-state index in [1.807, 2.05) is 20.8 Å². The van der Waals surface area contributed by atoms with Crippen LogP contribution in [0, 0.1) is 0 Å². The summed E-state index contributed by atoms with van der Waals surface area (Å²) in [6, 6.07) is -0.719. The first-order valence-electron chi connectivity index (χ1n) is 7.53. The molecule has 0 radical (unpaired) electrons. The lowest BCUT2D eigenvalue weighted by Crippen LogP contribution is -2.55. The smallest absolute Gasteiger partial charge is 0.413 e. The van der Waals surface area contributed by atoms with Crippen LogP contribution >= 0.6 is 0 Å². The first-order valence-corrected chi connectivity index (χ1v) is 7.53. The van der Waals surface area contributed by atoms with Crippen molar-refractivity contribution in [2.24, 2.45) is 0 Å². The molecule has 1 heterocycles. The second-order valence-electron chi connectivity index (χ2n) is 6.71. The molecule has 1 saturated heterocycles. The Kier molecular flexibility index (Phi) is 4.46. The second-order valence-corrected chi connectivity index (χ2v) is 6.71. The maximum Gasteiger partial charge on any atom is 0.413 e. The predicted molar refractivity (Wildman–Crippen MR) is 75.6 cm³/mol. The van der Waals surface area contributed by atoms with Crippen LogP contribution < -0.4 is 0 Å². The molecule has 6 heteroatoms. The fourth-order valence-electron chi connectivity index (χ4n) is 3.07. The molecule has 0 bridgehead atoms. The summed E-state index contributed by atoms with van der Waals surface area (Å²) in [5, 5.41) is 0. The lowest BCUT2D eigenvalue weighted by molar-refractivity contribution is -0.148. The number of ether oxygens (including phenoxy) is 3. The number of rotatable bonds is 1. The summed E-state index contributed by atoms with van der Waals surface area (Å²) < 4.78 is 16.2. The van der Waals surface area contributed by atoms with Crippen molar-refractivity contribution in [1.29, 1.82) is 0 Å². The number of amides is 1. The van der Waals surface area contributed by atoms with E-state index in [0.29, 0.717) is 0 Å². The molecular weight excluding hydrogens is 274 g/mol. The van der Waals surface area contributed by atoms with Gasteiger partial charge < -0.3 is 14.2 Å². The number of esters is 1. The van der Waals surface area contributed by atoms with E-state index in [1.165, 1.54) is 12.0 Å². The van der Waals surface area contributed by atoms with E-state index in [2.05, 4.69) is 0 Å². The molecule has 0 N–H and O–H groups in total. The number of carbonyl (C=O) groups excluding carboxylic acids is 2. The molecule has 1 atom stereocenters. The predicted octanol–water partition coefficient (Wildman–Crippen LogP) is 2.46. The van der Waals surface area contributed by atoms with Crippen molar-refractivity contribution in [2.45, 2.75) is 70.2 Å². The third kappa shape index (κ3) is 3.31. The fraction of sp³-hybridized carbons (Fsp3) is 0.867. The van der Waals surface area contributed by atoms with E-state index in [0.717, 1.165) is 32.1 Å². The van der Waals surface area contributed by atoms with Crippen LogP contribution in [0.15, 0.2) is 0 Å². The summed E-state index contributed by atoms with van der Waals surface area (Å²) in [5.41, 5.74) is -1.32. The zero-order valence-electron chi connectivity index (χ0n) is 13.3. The van der Waals surface area contributed by atoms with Gasteiger partial charge in [-0.3, -0.25) is 4.90 Å². The van der Waals surface area contributed by atoms with Crippen molar-refractivity contribution in [3.8, 4) is 0 Å². The summed E-state index contributed by atoms with van der Waals surface area (Å²) in [4.78, 5) is 26.0. The fourth-order valence-corrected chi connectivity index (χ4v) is 3.07. The Morgan fingerprint density at radius 3 is 2.33 bits per heavy atom. The normalized spacial score (nSPS) is 25.0. The number of hydrogen-bond donors (Lipinski definition) is 0. The summed E-state index contributed by atoms with van der Waals surface area (Å²) >= 11 is 0. The van der Waals surface area contributed by atoms with Gasteiger partial charge in [-0.2, -0.15) is 0 Å². The minimum Gasteiger partial charge on any atom is -0.467 e. The minimum absolute atomic E-state index is 0.173. The van der Waals surface area contributed by atoms with E-state index in [4.69, 9.17) is 14.2 Å². The van der Waals surface area contributed by atoms with Crippen LogP contribution in [-0.4, -0.2) is 48.0 Å². The molecule has 2 rings (SSSR count).